The average molecular weight is 385 g/mol. The molecule has 1 fully saturated rings. The van der Waals surface area contributed by atoms with Gasteiger partial charge in [-0.25, -0.2) is 4.79 Å². The molecule has 1 aromatic carbocycles. The summed E-state index contributed by atoms with van der Waals surface area (Å²) < 4.78 is 10.4. The predicted molar refractivity (Wildman–Crippen MR) is 99.9 cm³/mol. The highest BCUT2D eigenvalue weighted by Crippen LogP contribution is 2.28. The van der Waals surface area contributed by atoms with E-state index in [-0.39, 0.29) is 22.1 Å². The lowest BCUT2D eigenvalue weighted by Gasteiger charge is -2.13. The van der Waals surface area contributed by atoms with Crippen LogP contribution in [0.1, 0.15) is 29.0 Å². The molecular formula is C20H17ClN2O4. The quantitative estimate of drug-likeness (QED) is 0.453. The Labute approximate surface area is 161 Å². The fourth-order valence-corrected chi connectivity index (χ4v) is 3.10. The summed E-state index contributed by atoms with van der Waals surface area (Å²) in [6, 6.07) is 10.2. The van der Waals surface area contributed by atoms with Crippen LogP contribution in [0.2, 0.25) is 5.02 Å². The van der Waals surface area contributed by atoms with Crippen LogP contribution in [-0.2, 0) is 9.53 Å². The highest BCUT2D eigenvalue weighted by molar-refractivity contribution is 6.33. The minimum atomic E-state index is -0.545. The van der Waals surface area contributed by atoms with Crippen molar-refractivity contribution in [1.29, 1.82) is 5.26 Å². The molecule has 0 spiro atoms. The molecule has 0 N–H and O–H groups in total. The highest BCUT2D eigenvalue weighted by Gasteiger charge is 2.22. The van der Waals surface area contributed by atoms with Gasteiger partial charge in [0.1, 0.15) is 23.2 Å². The summed E-state index contributed by atoms with van der Waals surface area (Å²) in [5, 5.41) is 9.60. The van der Waals surface area contributed by atoms with Gasteiger partial charge in [-0.05, 0) is 43.2 Å². The molecule has 0 bridgehead atoms. The van der Waals surface area contributed by atoms with Crippen molar-refractivity contribution < 1.29 is 18.7 Å². The Morgan fingerprint density at radius 1 is 1.26 bits per heavy atom. The van der Waals surface area contributed by atoms with Gasteiger partial charge in [-0.2, -0.15) is 5.26 Å². The van der Waals surface area contributed by atoms with Crippen molar-refractivity contribution in [3.05, 3.63) is 52.3 Å². The normalized spacial score (nSPS) is 14.1. The first-order chi connectivity index (χ1) is 13.0. The highest BCUT2D eigenvalue weighted by atomic mass is 35.5. The molecule has 7 heteroatoms. The molecule has 0 aliphatic carbocycles. The SMILES string of the molecule is COC(=O)c1cc(-c2ccc(/C=C(\C#N)C(=O)N3CCCC3)o2)ccc1Cl. The largest absolute Gasteiger partial charge is 0.465 e. The molecular weight excluding hydrogens is 368 g/mol. The lowest BCUT2D eigenvalue weighted by molar-refractivity contribution is -0.125. The van der Waals surface area contributed by atoms with Crippen molar-refractivity contribution in [2.24, 2.45) is 0 Å². The number of likely N-dealkylation sites (tertiary alicyclic amines) is 1. The lowest BCUT2D eigenvalue weighted by Crippen LogP contribution is -2.28. The number of carbonyl (C=O) groups is 2. The van der Waals surface area contributed by atoms with Gasteiger partial charge in [0.15, 0.2) is 0 Å². The van der Waals surface area contributed by atoms with Gasteiger partial charge in [0.2, 0.25) is 0 Å². The first kappa shape index (κ1) is 18.7. The maximum absolute atomic E-state index is 12.4. The van der Waals surface area contributed by atoms with E-state index < -0.39 is 5.97 Å². The molecule has 138 valence electrons. The molecule has 0 saturated carbocycles. The molecule has 0 radical (unpaired) electrons. The third-order valence-electron chi connectivity index (χ3n) is 4.31. The number of rotatable bonds is 4. The molecule has 3 rings (SSSR count). The van der Waals surface area contributed by atoms with Gasteiger partial charge in [0.05, 0.1) is 17.7 Å². The van der Waals surface area contributed by atoms with Crippen LogP contribution in [0.4, 0.5) is 0 Å². The topological polar surface area (TPSA) is 83.5 Å². The van der Waals surface area contributed by atoms with Crippen LogP contribution in [0, 0.1) is 11.3 Å². The van der Waals surface area contributed by atoms with E-state index in [1.165, 1.54) is 13.2 Å². The summed E-state index contributed by atoms with van der Waals surface area (Å²) in [4.78, 5) is 25.8. The number of hydrogen-bond acceptors (Lipinski definition) is 5. The number of nitrogens with zero attached hydrogens (tertiary/aromatic N) is 2. The minimum Gasteiger partial charge on any atom is -0.465 e. The summed E-state index contributed by atoms with van der Waals surface area (Å²) in [5.74, 6) is 0.0292. The van der Waals surface area contributed by atoms with Gasteiger partial charge >= 0.3 is 5.97 Å². The van der Waals surface area contributed by atoms with E-state index in [4.69, 9.17) is 20.8 Å². The van der Waals surface area contributed by atoms with Gasteiger partial charge in [-0.1, -0.05) is 11.6 Å². The second-order valence-electron chi connectivity index (χ2n) is 6.06. The number of hydrogen-bond donors (Lipinski definition) is 0. The van der Waals surface area contributed by atoms with Gasteiger partial charge in [-0.15, -0.1) is 0 Å². The van der Waals surface area contributed by atoms with Crippen LogP contribution in [0.3, 0.4) is 0 Å². The Hall–Kier alpha value is -3.04. The fourth-order valence-electron chi connectivity index (χ4n) is 2.91. The van der Waals surface area contributed by atoms with E-state index in [1.807, 2.05) is 6.07 Å². The molecule has 6 nitrogen and oxygen atoms in total. The Balaban J connectivity index is 1.87. The van der Waals surface area contributed by atoms with E-state index in [1.54, 1.807) is 35.2 Å². The minimum absolute atomic E-state index is 0.0316. The summed E-state index contributed by atoms with van der Waals surface area (Å²) in [7, 11) is 1.28. The monoisotopic (exact) mass is 384 g/mol. The van der Waals surface area contributed by atoms with E-state index >= 15 is 0 Å². The Kier molecular flexibility index (Phi) is 5.63. The van der Waals surface area contributed by atoms with Gasteiger partial charge in [-0.3, -0.25) is 4.79 Å². The van der Waals surface area contributed by atoms with Crippen LogP contribution >= 0.6 is 11.6 Å². The molecule has 2 aromatic rings. The van der Waals surface area contributed by atoms with Gasteiger partial charge in [0, 0.05) is 24.7 Å². The second kappa shape index (κ2) is 8.11. The van der Waals surface area contributed by atoms with E-state index in [2.05, 4.69) is 0 Å². The summed E-state index contributed by atoms with van der Waals surface area (Å²) in [6.07, 6.45) is 3.34. The van der Waals surface area contributed by atoms with Crippen molar-refractivity contribution in [2.45, 2.75) is 12.8 Å². The number of carbonyl (C=O) groups excluding carboxylic acids is 2. The number of halogens is 1. The van der Waals surface area contributed by atoms with E-state index in [0.29, 0.717) is 30.2 Å². The number of amides is 1. The van der Waals surface area contributed by atoms with Crippen LogP contribution in [0.15, 0.2) is 40.3 Å². The van der Waals surface area contributed by atoms with Crippen LogP contribution < -0.4 is 0 Å². The standard InChI is InChI=1S/C20H17ClN2O4/c1-26-20(25)16-11-13(4-6-17(16)21)18-7-5-15(27-18)10-14(12-22)19(24)23-8-2-3-9-23/h4-7,10-11H,2-3,8-9H2,1H3/b14-10+. The zero-order chi connectivity index (χ0) is 19.4. The molecule has 2 heterocycles. The predicted octanol–water partition coefficient (Wildman–Crippen LogP) is 3.92. The zero-order valence-electron chi connectivity index (χ0n) is 14.7. The van der Waals surface area contributed by atoms with Crippen LogP contribution in [0.25, 0.3) is 17.4 Å². The van der Waals surface area contributed by atoms with E-state index in [9.17, 15) is 14.9 Å². The number of nitriles is 1. The van der Waals surface area contributed by atoms with Gasteiger partial charge in [0.25, 0.3) is 5.91 Å². The number of ether oxygens (including phenoxy) is 1. The summed E-state index contributed by atoms with van der Waals surface area (Å²) in [6.45, 7) is 1.34. The molecule has 1 aliphatic rings. The Morgan fingerprint density at radius 2 is 2.00 bits per heavy atom. The summed E-state index contributed by atoms with van der Waals surface area (Å²) >= 11 is 6.03. The fraction of sp³-hybridized carbons (Fsp3) is 0.250. The van der Waals surface area contributed by atoms with E-state index in [0.717, 1.165) is 12.8 Å². The number of methoxy groups -OCH3 is 1. The number of furan rings is 1. The molecule has 1 aromatic heterocycles. The molecule has 27 heavy (non-hydrogen) atoms. The van der Waals surface area contributed by atoms with Gasteiger partial charge < -0.3 is 14.1 Å². The van der Waals surface area contributed by atoms with Crippen molar-refractivity contribution >= 4 is 29.6 Å². The molecule has 0 unspecified atom stereocenters. The number of benzene rings is 1. The molecule has 1 aliphatic heterocycles. The van der Waals surface area contributed by atoms with Crippen LogP contribution in [0.5, 0.6) is 0 Å². The Morgan fingerprint density at radius 3 is 2.67 bits per heavy atom. The van der Waals surface area contributed by atoms with Crippen molar-refractivity contribution in [3.8, 4) is 17.4 Å². The van der Waals surface area contributed by atoms with Crippen molar-refractivity contribution in [3.63, 3.8) is 0 Å². The zero-order valence-corrected chi connectivity index (χ0v) is 15.5. The molecule has 1 saturated heterocycles. The Bertz CT molecular complexity index is 949. The lowest BCUT2D eigenvalue weighted by atomic mass is 10.1. The maximum atomic E-state index is 12.4. The first-order valence-electron chi connectivity index (χ1n) is 8.42. The third kappa shape index (κ3) is 4.04. The van der Waals surface area contributed by atoms with Crippen molar-refractivity contribution in [1.82, 2.24) is 4.90 Å². The third-order valence-corrected chi connectivity index (χ3v) is 4.64. The molecule has 0 atom stereocenters. The summed E-state index contributed by atoms with van der Waals surface area (Å²) in [5.41, 5.74) is 0.889. The molecule has 1 amide bonds. The van der Waals surface area contributed by atoms with Crippen LogP contribution in [-0.4, -0.2) is 37.0 Å². The maximum Gasteiger partial charge on any atom is 0.339 e. The number of esters is 1. The van der Waals surface area contributed by atoms with Crippen molar-refractivity contribution in [2.75, 3.05) is 20.2 Å². The smallest absolute Gasteiger partial charge is 0.339 e. The first-order valence-corrected chi connectivity index (χ1v) is 8.80. The average Bonchev–Trinajstić information content (AvgIpc) is 3.37. The second-order valence-corrected chi connectivity index (χ2v) is 6.46.